The molecule has 0 saturated carbocycles. The van der Waals surface area contributed by atoms with Gasteiger partial charge >= 0.3 is 6.03 Å². The fourth-order valence-electron chi connectivity index (χ4n) is 3.59. The van der Waals surface area contributed by atoms with E-state index >= 15 is 0 Å². The number of nitrogens with zero attached hydrogens (tertiary/aromatic N) is 2. The van der Waals surface area contributed by atoms with Crippen molar-refractivity contribution in [2.45, 2.75) is 6.42 Å². The van der Waals surface area contributed by atoms with Crippen LogP contribution in [0.3, 0.4) is 0 Å². The summed E-state index contributed by atoms with van der Waals surface area (Å²) >= 11 is 1.71. The Balaban J connectivity index is 1.23. The molecule has 0 atom stereocenters. The van der Waals surface area contributed by atoms with E-state index < -0.39 is 0 Å². The Hall–Kier alpha value is -3.71. The van der Waals surface area contributed by atoms with E-state index in [0.717, 1.165) is 33.9 Å². The van der Waals surface area contributed by atoms with E-state index in [1.165, 1.54) is 4.70 Å². The first kappa shape index (κ1) is 19.3. The number of thiazole rings is 1. The number of carbonyl (C=O) groups excluding carboxylic acids is 2. The van der Waals surface area contributed by atoms with Crippen molar-refractivity contribution >= 4 is 44.9 Å². The molecule has 1 aliphatic rings. The summed E-state index contributed by atoms with van der Waals surface area (Å²) in [6.07, 6.45) is 0.763. The molecule has 1 aromatic heterocycles. The summed E-state index contributed by atoms with van der Waals surface area (Å²) in [5, 5.41) is 6.77. The maximum absolute atomic E-state index is 12.6. The number of carbonyl (C=O) groups is 2. The van der Waals surface area contributed by atoms with Gasteiger partial charge in [-0.05, 0) is 54.1 Å². The largest absolute Gasteiger partial charge is 0.336 e. The van der Waals surface area contributed by atoms with Gasteiger partial charge in [-0.25, -0.2) is 9.78 Å². The fourth-order valence-corrected chi connectivity index (χ4v) is 4.59. The third-order valence-electron chi connectivity index (χ3n) is 5.20. The highest BCUT2D eigenvalue weighted by Gasteiger charge is 2.21. The lowest BCUT2D eigenvalue weighted by Crippen LogP contribution is -2.27. The zero-order chi connectivity index (χ0) is 21.2. The molecule has 154 valence electrons. The monoisotopic (exact) mass is 428 g/mol. The Morgan fingerprint density at radius 3 is 2.52 bits per heavy atom. The number of nitrogens with one attached hydrogen (secondary N) is 2. The molecule has 0 spiro atoms. The number of benzene rings is 3. The summed E-state index contributed by atoms with van der Waals surface area (Å²) in [5.74, 6) is -0.184. The molecule has 3 aromatic carbocycles. The van der Waals surface area contributed by atoms with Crippen molar-refractivity contribution in [2.75, 3.05) is 23.3 Å². The number of para-hydroxylation sites is 1. The molecule has 1 fully saturated rings. The predicted molar refractivity (Wildman–Crippen MR) is 124 cm³/mol. The van der Waals surface area contributed by atoms with Crippen molar-refractivity contribution in [1.82, 2.24) is 10.3 Å². The minimum absolute atomic E-state index is 0.108. The van der Waals surface area contributed by atoms with Crippen LogP contribution in [0.2, 0.25) is 0 Å². The van der Waals surface area contributed by atoms with Crippen LogP contribution in [0.4, 0.5) is 16.2 Å². The fraction of sp³-hybridized carbons (Fsp3) is 0.125. The zero-order valence-electron chi connectivity index (χ0n) is 16.7. The van der Waals surface area contributed by atoms with Crippen LogP contribution in [0.1, 0.15) is 20.9 Å². The predicted octanol–water partition coefficient (Wildman–Crippen LogP) is 4.67. The summed E-state index contributed by atoms with van der Waals surface area (Å²) in [7, 11) is 0. The molecule has 0 aliphatic carbocycles. The van der Waals surface area contributed by atoms with E-state index in [1.807, 2.05) is 42.5 Å². The molecule has 7 heteroatoms. The summed E-state index contributed by atoms with van der Waals surface area (Å²) in [6, 6.07) is 22.9. The quantitative estimate of drug-likeness (QED) is 0.485. The second-order valence-electron chi connectivity index (χ2n) is 7.33. The van der Waals surface area contributed by atoms with Crippen LogP contribution in [0.25, 0.3) is 10.2 Å². The standard InChI is InChI=1S/C24H20N4O2S/c29-23(17-7-11-19(12-8-17)28-14-13-25-24(28)30)26-18-9-5-16(6-10-18)15-22-27-20-3-1-2-4-21(20)31-22/h1-12H,13-15H2,(H,25,30)(H,26,29). The van der Waals surface area contributed by atoms with E-state index in [0.29, 0.717) is 18.7 Å². The lowest BCUT2D eigenvalue weighted by atomic mass is 10.1. The highest BCUT2D eigenvalue weighted by molar-refractivity contribution is 7.18. The molecular weight excluding hydrogens is 408 g/mol. The Morgan fingerprint density at radius 1 is 1.03 bits per heavy atom. The molecule has 1 aliphatic heterocycles. The lowest BCUT2D eigenvalue weighted by molar-refractivity contribution is 0.102. The van der Waals surface area contributed by atoms with Crippen LogP contribution in [-0.4, -0.2) is 30.0 Å². The first-order valence-corrected chi connectivity index (χ1v) is 10.9. The van der Waals surface area contributed by atoms with Gasteiger partial charge in [-0.1, -0.05) is 24.3 Å². The summed E-state index contributed by atoms with van der Waals surface area (Å²) < 4.78 is 1.19. The highest BCUT2D eigenvalue weighted by atomic mass is 32.1. The molecule has 3 amide bonds. The van der Waals surface area contributed by atoms with Crippen molar-refractivity contribution in [1.29, 1.82) is 0 Å². The molecule has 1 saturated heterocycles. The van der Waals surface area contributed by atoms with Gasteiger partial charge in [0.05, 0.1) is 15.2 Å². The Bertz CT molecular complexity index is 1220. The van der Waals surface area contributed by atoms with Crippen LogP contribution in [0.15, 0.2) is 72.8 Å². The Labute approximate surface area is 183 Å². The zero-order valence-corrected chi connectivity index (χ0v) is 17.5. The van der Waals surface area contributed by atoms with Crippen molar-refractivity contribution in [3.63, 3.8) is 0 Å². The molecule has 6 nitrogen and oxygen atoms in total. The summed E-state index contributed by atoms with van der Waals surface area (Å²) in [4.78, 5) is 30.7. The van der Waals surface area contributed by atoms with E-state index in [2.05, 4.69) is 21.7 Å². The molecule has 0 radical (unpaired) electrons. The summed E-state index contributed by atoms with van der Waals surface area (Å²) in [5.41, 5.74) is 4.24. The maximum atomic E-state index is 12.6. The highest BCUT2D eigenvalue weighted by Crippen LogP contribution is 2.24. The molecular formula is C24H20N4O2S. The second-order valence-corrected chi connectivity index (χ2v) is 8.45. The number of urea groups is 1. The first-order chi connectivity index (χ1) is 15.2. The number of hydrogen-bond acceptors (Lipinski definition) is 4. The summed E-state index contributed by atoms with van der Waals surface area (Å²) in [6.45, 7) is 1.27. The third-order valence-corrected chi connectivity index (χ3v) is 6.24. The second kappa shape index (κ2) is 8.20. The molecule has 0 bridgehead atoms. The molecule has 2 N–H and O–H groups in total. The van der Waals surface area contributed by atoms with Crippen molar-refractivity contribution in [3.8, 4) is 0 Å². The number of rotatable bonds is 5. The van der Waals surface area contributed by atoms with Gasteiger partial charge in [0.15, 0.2) is 0 Å². The number of anilines is 2. The van der Waals surface area contributed by atoms with Crippen LogP contribution in [0, 0.1) is 0 Å². The number of hydrogen-bond donors (Lipinski definition) is 2. The van der Waals surface area contributed by atoms with Gasteiger partial charge in [0, 0.05) is 36.4 Å². The number of amides is 3. The average Bonchev–Trinajstić information content (AvgIpc) is 3.40. The molecule has 5 rings (SSSR count). The molecule has 0 unspecified atom stereocenters. The van der Waals surface area contributed by atoms with E-state index in [9.17, 15) is 9.59 Å². The van der Waals surface area contributed by atoms with Gasteiger partial charge < -0.3 is 10.6 Å². The van der Waals surface area contributed by atoms with Gasteiger partial charge in [0.25, 0.3) is 5.91 Å². The molecule has 31 heavy (non-hydrogen) atoms. The SMILES string of the molecule is O=C(Nc1ccc(Cc2nc3ccccc3s2)cc1)c1ccc(N2CCNC2=O)cc1. The minimum atomic E-state index is -0.184. The van der Waals surface area contributed by atoms with Gasteiger partial charge in [-0.15, -0.1) is 11.3 Å². The average molecular weight is 429 g/mol. The number of aromatic nitrogens is 1. The smallest absolute Gasteiger partial charge is 0.321 e. The van der Waals surface area contributed by atoms with Gasteiger partial charge in [0.2, 0.25) is 0 Å². The van der Waals surface area contributed by atoms with Crippen LogP contribution in [-0.2, 0) is 6.42 Å². The van der Waals surface area contributed by atoms with Gasteiger partial charge in [-0.3, -0.25) is 9.69 Å². The van der Waals surface area contributed by atoms with Crippen molar-refractivity contribution < 1.29 is 9.59 Å². The van der Waals surface area contributed by atoms with E-state index in [-0.39, 0.29) is 11.9 Å². The van der Waals surface area contributed by atoms with Crippen LogP contribution < -0.4 is 15.5 Å². The normalized spacial score (nSPS) is 13.4. The van der Waals surface area contributed by atoms with Crippen molar-refractivity contribution in [2.24, 2.45) is 0 Å². The number of fused-ring (bicyclic) bond motifs is 1. The van der Waals surface area contributed by atoms with Crippen LogP contribution >= 0.6 is 11.3 Å². The Kier molecular flexibility index (Phi) is 5.09. The van der Waals surface area contributed by atoms with Crippen molar-refractivity contribution in [3.05, 3.63) is 88.9 Å². The molecule has 4 aromatic rings. The first-order valence-electron chi connectivity index (χ1n) is 10.1. The van der Waals surface area contributed by atoms with Gasteiger partial charge in [-0.2, -0.15) is 0 Å². The minimum Gasteiger partial charge on any atom is -0.336 e. The maximum Gasteiger partial charge on any atom is 0.321 e. The van der Waals surface area contributed by atoms with Gasteiger partial charge in [0.1, 0.15) is 0 Å². The Morgan fingerprint density at radius 2 is 1.81 bits per heavy atom. The van der Waals surface area contributed by atoms with E-state index in [4.69, 9.17) is 0 Å². The molecule has 2 heterocycles. The van der Waals surface area contributed by atoms with E-state index in [1.54, 1.807) is 40.5 Å². The lowest BCUT2D eigenvalue weighted by Gasteiger charge is -2.14. The van der Waals surface area contributed by atoms with Crippen LogP contribution in [0.5, 0.6) is 0 Å². The third kappa shape index (κ3) is 4.13. The topological polar surface area (TPSA) is 74.3 Å².